The van der Waals surface area contributed by atoms with E-state index in [0.29, 0.717) is 21.7 Å². The molecule has 0 unspecified atom stereocenters. The molecular weight excluding hydrogens is 850 g/mol. The van der Waals surface area contributed by atoms with Gasteiger partial charge >= 0.3 is 131 Å². The van der Waals surface area contributed by atoms with Crippen molar-refractivity contribution in [2.75, 3.05) is 0 Å². The van der Waals surface area contributed by atoms with Crippen molar-refractivity contribution in [2.24, 2.45) is 0 Å². The van der Waals surface area contributed by atoms with E-state index < -0.39 is 32.9 Å². The summed E-state index contributed by atoms with van der Waals surface area (Å²) in [6, 6.07) is 30.7. The van der Waals surface area contributed by atoms with Gasteiger partial charge in [0.25, 0.3) is 0 Å². The first kappa shape index (κ1) is 27.3. The van der Waals surface area contributed by atoms with E-state index in [2.05, 4.69) is 44.4 Å². The zero-order valence-electron chi connectivity index (χ0n) is 34.2. The van der Waals surface area contributed by atoms with Gasteiger partial charge in [0.15, 0.2) is 0 Å². The Balaban J connectivity index is 0.000000213. The number of aryl methyl sites for hydroxylation is 2. The fourth-order valence-corrected chi connectivity index (χ4v) is 9.91. The molecule has 1 radical (unpaired) electrons. The van der Waals surface area contributed by atoms with Gasteiger partial charge in [-0.2, -0.15) is 11.3 Å². The summed E-state index contributed by atoms with van der Waals surface area (Å²) >= 11 is -0.776. The summed E-state index contributed by atoms with van der Waals surface area (Å²) < 4.78 is 70.5. The van der Waals surface area contributed by atoms with E-state index in [1.54, 1.807) is 24.3 Å². The van der Waals surface area contributed by atoms with Crippen LogP contribution < -0.4 is 4.40 Å². The molecule has 4 aromatic heterocycles. The molecule has 4 heterocycles. The van der Waals surface area contributed by atoms with E-state index in [4.69, 9.17) is 9.60 Å². The summed E-state index contributed by atoms with van der Waals surface area (Å²) in [5.41, 5.74) is 5.17. The van der Waals surface area contributed by atoms with Crippen molar-refractivity contribution in [3.8, 4) is 33.6 Å². The molecule has 0 atom stereocenters. The van der Waals surface area contributed by atoms with Crippen LogP contribution in [0.15, 0.2) is 97.3 Å². The molecular formula is C41H38FGeIrN3S-2. The molecule has 7 rings (SSSR count). The Morgan fingerprint density at radius 2 is 1.67 bits per heavy atom. The van der Waals surface area contributed by atoms with Crippen molar-refractivity contribution in [1.82, 2.24) is 15.0 Å². The molecule has 7 aromatic rings. The van der Waals surface area contributed by atoms with Crippen LogP contribution in [0.3, 0.4) is 0 Å². The summed E-state index contributed by atoms with van der Waals surface area (Å²) in [4.78, 5) is 14.0. The van der Waals surface area contributed by atoms with Crippen LogP contribution in [0.2, 0.25) is 17.3 Å². The van der Waals surface area contributed by atoms with Gasteiger partial charge in [-0.05, 0) is 40.3 Å². The molecule has 7 heteroatoms. The second kappa shape index (κ2) is 14.9. The number of fused-ring (bicyclic) bond motifs is 3. The van der Waals surface area contributed by atoms with Gasteiger partial charge in [0, 0.05) is 41.7 Å². The van der Waals surface area contributed by atoms with Gasteiger partial charge in [-0.3, -0.25) is 0 Å². The standard InChI is InChI=1S/C23H14FN2S.C18H24GeN.Ir/c1-14-10-11-17-16-8-5-9-18(22(16)27-23(17)26-14)21-12-20(24)19(13-25-21)15-6-3-2-4-7-15;1-13(2)16-11-18(15-9-7-14(3)8-10-15)20-12-17(16)19(4,5)6;/h2-8,10-13H,1H3;7-9,11-13H,1-6H3;/q2*-1;/i1D3;3D3,13D;. The summed E-state index contributed by atoms with van der Waals surface area (Å²) in [6.45, 7) is -0.603. The van der Waals surface area contributed by atoms with Crippen LogP contribution in [0.5, 0.6) is 0 Å². The minimum absolute atomic E-state index is 0. The number of benzene rings is 3. The van der Waals surface area contributed by atoms with Crippen molar-refractivity contribution in [1.29, 1.82) is 0 Å². The summed E-state index contributed by atoms with van der Waals surface area (Å²) in [5, 5.41) is 1.78. The molecule has 0 aliphatic heterocycles. The van der Waals surface area contributed by atoms with E-state index in [1.165, 1.54) is 40.1 Å². The number of aromatic nitrogens is 3. The van der Waals surface area contributed by atoms with Crippen molar-refractivity contribution in [3.05, 3.63) is 132 Å². The average Bonchev–Trinajstić information content (AvgIpc) is 3.49. The molecule has 0 fully saturated rings. The Hall–Kier alpha value is -3.55. The van der Waals surface area contributed by atoms with Gasteiger partial charge < -0.3 is 4.98 Å². The number of rotatable bonds is 5. The molecule has 0 aliphatic rings. The number of hydrogen-bond acceptors (Lipinski definition) is 4. The topological polar surface area (TPSA) is 38.7 Å². The predicted molar refractivity (Wildman–Crippen MR) is 200 cm³/mol. The molecule has 0 bridgehead atoms. The van der Waals surface area contributed by atoms with E-state index in [-0.39, 0.29) is 37.2 Å². The van der Waals surface area contributed by atoms with Crippen LogP contribution in [0.4, 0.5) is 4.39 Å². The van der Waals surface area contributed by atoms with E-state index in [0.717, 1.165) is 37.9 Å². The molecule has 0 N–H and O–H groups in total. The molecule has 0 amide bonds. The Kier molecular flexibility index (Phi) is 8.48. The van der Waals surface area contributed by atoms with Crippen LogP contribution >= 0.6 is 11.3 Å². The monoisotopic (exact) mass is 897 g/mol. The number of halogens is 1. The maximum atomic E-state index is 14.9. The van der Waals surface area contributed by atoms with E-state index in [9.17, 15) is 4.39 Å². The van der Waals surface area contributed by atoms with Gasteiger partial charge in [0.2, 0.25) is 0 Å². The predicted octanol–water partition coefficient (Wildman–Crippen LogP) is 10.9. The Morgan fingerprint density at radius 3 is 2.33 bits per heavy atom. The van der Waals surface area contributed by atoms with Crippen molar-refractivity contribution in [3.63, 3.8) is 0 Å². The van der Waals surface area contributed by atoms with Crippen molar-refractivity contribution >= 4 is 49.3 Å². The van der Waals surface area contributed by atoms with Gasteiger partial charge in [-0.15, -0.1) is 23.8 Å². The summed E-state index contributed by atoms with van der Waals surface area (Å²) in [7, 11) is 0. The Labute approximate surface area is 313 Å². The maximum Gasteiger partial charge on any atom is 0.125 e. The molecule has 245 valence electrons. The number of nitrogens with zero attached hydrogens (tertiary/aromatic N) is 3. The quantitative estimate of drug-likeness (QED) is 0.128. The fourth-order valence-electron chi connectivity index (χ4n) is 5.41. The SMILES string of the molecule is [2H]C([2H])([2H])c1c[c-]c(-c2cc(C([2H])(C)C)[c]([Ge]([CH3])([CH3])[CH3])cn2)cc1.[2H]C([2H])([2H])c1ccc2c(n1)sc1c(-c3cc(F)c(-c4ccccc4)cn3)[c-]ccc12.[Ir]. The third kappa shape index (κ3) is 7.68. The second-order valence-electron chi connectivity index (χ2n) is 12.5. The van der Waals surface area contributed by atoms with Crippen LogP contribution in [0, 0.1) is 31.7 Å². The van der Waals surface area contributed by atoms with Gasteiger partial charge in [-0.1, -0.05) is 41.8 Å². The zero-order chi connectivity index (χ0) is 39.2. The molecule has 0 spiro atoms. The molecule has 3 nitrogen and oxygen atoms in total. The molecule has 0 saturated carbocycles. The van der Waals surface area contributed by atoms with Gasteiger partial charge in [-0.25, -0.2) is 9.37 Å². The molecule has 3 aromatic carbocycles. The van der Waals surface area contributed by atoms with Crippen LogP contribution in [0.1, 0.15) is 46.2 Å². The zero-order valence-corrected chi connectivity index (χ0v) is 32.5. The van der Waals surface area contributed by atoms with E-state index in [1.807, 2.05) is 62.5 Å². The maximum absolute atomic E-state index is 14.9. The van der Waals surface area contributed by atoms with Gasteiger partial charge in [0.1, 0.15) is 10.6 Å². The normalized spacial score (nSPS) is 14.2. The van der Waals surface area contributed by atoms with Crippen LogP contribution in [0.25, 0.3) is 53.9 Å². The first-order valence-electron chi connectivity index (χ1n) is 18.7. The van der Waals surface area contributed by atoms with Gasteiger partial charge in [0.05, 0.1) is 0 Å². The number of pyridine rings is 3. The van der Waals surface area contributed by atoms with Crippen LogP contribution in [-0.4, -0.2) is 28.2 Å². The van der Waals surface area contributed by atoms with Crippen molar-refractivity contribution in [2.45, 2.75) is 50.7 Å². The summed E-state index contributed by atoms with van der Waals surface area (Å²) in [5.74, 6) is 5.82. The Morgan fingerprint density at radius 1 is 0.875 bits per heavy atom. The van der Waals surface area contributed by atoms with E-state index >= 15 is 0 Å². The third-order valence-electron chi connectivity index (χ3n) is 7.83. The molecule has 48 heavy (non-hydrogen) atoms. The third-order valence-corrected chi connectivity index (χ3v) is 13.2. The van der Waals surface area contributed by atoms with Crippen LogP contribution in [-0.2, 0) is 20.1 Å². The summed E-state index contributed by atoms with van der Waals surface area (Å²) in [6.07, 6.45) is 3.44. The average molecular weight is 896 g/mol. The fraction of sp³-hybridized carbons (Fsp3) is 0.195. The number of hydrogen-bond donors (Lipinski definition) is 0. The first-order valence-corrected chi connectivity index (χ1v) is 23.4. The van der Waals surface area contributed by atoms with Crippen molar-refractivity contribution < 1.29 is 34.1 Å². The Bertz CT molecular complexity index is 2460. The minimum Gasteiger partial charge on any atom is -0.304 e. The second-order valence-corrected chi connectivity index (χ2v) is 24.1. The number of thiophene rings is 1. The molecule has 0 saturated heterocycles. The largest absolute Gasteiger partial charge is 0.304 e. The first-order chi connectivity index (χ1) is 25.2. The smallest absolute Gasteiger partial charge is 0.125 e. The minimum atomic E-state index is -2.27. The molecule has 0 aliphatic carbocycles.